The fourth-order valence-corrected chi connectivity index (χ4v) is 3.18. The highest BCUT2D eigenvalue weighted by Crippen LogP contribution is 2.16. The van der Waals surface area contributed by atoms with Crippen molar-refractivity contribution in [1.29, 1.82) is 0 Å². The average molecular weight is 455 g/mol. The largest absolute Gasteiger partial charge is 0.445 e. The van der Waals surface area contributed by atoms with Gasteiger partial charge in [-0.15, -0.1) is 0 Å². The van der Waals surface area contributed by atoms with E-state index < -0.39 is 29.5 Å². The molecule has 4 N–H and O–H groups in total. The molecule has 0 aliphatic carbocycles. The van der Waals surface area contributed by atoms with Crippen molar-refractivity contribution >= 4 is 17.9 Å². The van der Waals surface area contributed by atoms with E-state index in [1.807, 2.05) is 30.3 Å². The van der Waals surface area contributed by atoms with Crippen LogP contribution in [0.5, 0.6) is 0 Å². The molecule has 8 nitrogen and oxygen atoms in total. The van der Waals surface area contributed by atoms with Crippen molar-refractivity contribution in [2.75, 3.05) is 0 Å². The number of nitrogens with one attached hydrogen (secondary N) is 4. The van der Waals surface area contributed by atoms with Gasteiger partial charge in [-0.05, 0) is 43.5 Å². The number of ether oxygens (including phenoxy) is 1. The Labute approximate surface area is 191 Å². The third-order valence-corrected chi connectivity index (χ3v) is 5.00. The molecule has 0 saturated heterocycles. The summed E-state index contributed by atoms with van der Waals surface area (Å²) in [5.74, 6) is -1.28. The second-order valence-corrected chi connectivity index (χ2v) is 8.30. The Balaban J connectivity index is 1.44. The van der Waals surface area contributed by atoms with Crippen LogP contribution < -0.4 is 21.3 Å². The van der Waals surface area contributed by atoms with Gasteiger partial charge in [0, 0.05) is 18.2 Å². The predicted octanol–water partition coefficient (Wildman–Crippen LogP) is 2.99. The van der Waals surface area contributed by atoms with Crippen LogP contribution in [-0.2, 0) is 20.9 Å². The molecule has 3 rings (SSSR count). The van der Waals surface area contributed by atoms with Gasteiger partial charge in [-0.2, -0.15) is 0 Å². The van der Waals surface area contributed by atoms with Gasteiger partial charge in [0.1, 0.15) is 24.3 Å². The third-order valence-electron chi connectivity index (χ3n) is 5.00. The van der Waals surface area contributed by atoms with E-state index in [4.69, 9.17) is 4.74 Å². The molecule has 0 spiro atoms. The van der Waals surface area contributed by atoms with E-state index in [9.17, 15) is 18.8 Å². The van der Waals surface area contributed by atoms with Gasteiger partial charge >= 0.3 is 6.09 Å². The predicted molar refractivity (Wildman–Crippen MR) is 120 cm³/mol. The van der Waals surface area contributed by atoms with Crippen LogP contribution >= 0.6 is 0 Å². The molecule has 33 heavy (non-hydrogen) atoms. The van der Waals surface area contributed by atoms with Gasteiger partial charge in [0.2, 0.25) is 5.91 Å². The number of benzene rings is 2. The van der Waals surface area contributed by atoms with E-state index >= 15 is 0 Å². The summed E-state index contributed by atoms with van der Waals surface area (Å²) in [6.07, 6.45) is 0.610. The highest BCUT2D eigenvalue weighted by molar-refractivity contribution is 5.98. The summed E-state index contributed by atoms with van der Waals surface area (Å²) >= 11 is 0. The van der Waals surface area contributed by atoms with Crippen molar-refractivity contribution < 1.29 is 23.5 Å². The lowest BCUT2D eigenvalue weighted by Gasteiger charge is -2.27. The molecule has 0 aromatic heterocycles. The van der Waals surface area contributed by atoms with Crippen molar-refractivity contribution in [3.05, 3.63) is 83.4 Å². The van der Waals surface area contributed by atoms with E-state index in [0.29, 0.717) is 12.0 Å². The zero-order valence-corrected chi connectivity index (χ0v) is 18.5. The first-order valence-corrected chi connectivity index (χ1v) is 10.5. The number of carbonyl (C=O) groups excluding carboxylic acids is 3. The molecular formula is C24H27FN4O4. The third kappa shape index (κ3) is 7.34. The van der Waals surface area contributed by atoms with Crippen LogP contribution in [0, 0.1) is 5.82 Å². The number of rotatable bonds is 8. The SMILES string of the molecule is CC(C)(CCC(=O)NC1=CNC(c2cccc(F)c2)NC1=O)NC(=O)OCc1ccccc1. The number of carbonyl (C=O) groups is 3. The zero-order valence-electron chi connectivity index (χ0n) is 18.5. The smallest absolute Gasteiger partial charge is 0.407 e. The maximum absolute atomic E-state index is 13.4. The number of amides is 3. The number of halogens is 1. The van der Waals surface area contributed by atoms with Crippen molar-refractivity contribution in [3.8, 4) is 0 Å². The van der Waals surface area contributed by atoms with E-state index in [2.05, 4.69) is 21.3 Å². The molecule has 174 valence electrons. The van der Waals surface area contributed by atoms with Gasteiger partial charge in [0.25, 0.3) is 5.91 Å². The molecule has 2 aromatic rings. The molecule has 1 heterocycles. The maximum atomic E-state index is 13.4. The molecule has 0 radical (unpaired) electrons. The number of hydrogen-bond donors (Lipinski definition) is 4. The minimum absolute atomic E-state index is 0.0562. The Kier molecular flexibility index (Phi) is 7.66. The van der Waals surface area contributed by atoms with E-state index in [1.165, 1.54) is 18.3 Å². The lowest BCUT2D eigenvalue weighted by atomic mass is 9.98. The van der Waals surface area contributed by atoms with Crippen LogP contribution in [0.15, 0.2) is 66.5 Å². The fourth-order valence-electron chi connectivity index (χ4n) is 3.18. The van der Waals surface area contributed by atoms with Gasteiger partial charge in [0.05, 0.1) is 0 Å². The Bertz CT molecular complexity index is 1040. The second kappa shape index (κ2) is 10.6. The molecule has 3 amide bonds. The molecule has 1 aliphatic heterocycles. The van der Waals surface area contributed by atoms with Crippen molar-refractivity contribution in [3.63, 3.8) is 0 Å². The minimum Gasteiger partial charge on any atom is -0.445 e. The van der Waals surface area contributed by atoms with Gasteiger partial charge in [-0.25, -0.2) is 9.18 Å². The summed E-state index contributed by atoms with van der Waals surface area (Å²) < 4.78 is 18.6. The normalized spacial score (nSPS) is 15.5. The first kappa shape index (κ1) is 23.8. The summed E-state index contributed by atoms with van der Waals surface area (Å²) in [6.45, 7) is 3.71. The quantitative estimate of drug-likeness (QED) is 0.490. The molecule has 2 aromatic carbocycles. The molecular weight excluding hydrogens is 427 g/mol. The molecule has 0 saturated carbocycles. The monoisotopic (exact) mass is 454 g/mol. The van der Waals surface area contributed by atoms with Gasteiger partial charge in [0.15, 0.2) is 0 Å². The lowest BCUT2D eigenvalue weighted by molar-refractivity contribution is -0.124. The van der Waals surface area contributed by atoms with E-state index in [1.54, 1.807) is 26.0 Å². The lowest BCUT2D eigenvalue weighted by Crippen LogP contribution is -2.47. The molecule has 1 atom stereocenters. The summed E-state index contributed by atoms with van der Waals surface area (Å²) in [6, 6.07) is 15.2. The molecule has 0 bridgehead atoms. The molecule has 9 heteroatoms. The van der Waals surface area contributed by atoms with Crippen LogP contribution in [0.2, 0.25) is 0 Å². The Hall–Kier alpha value is -3.88. The van der Waals surface area contributed by atoms with Crippen LogP contribution in [0.4, 0.5) is 9.18 Å². The Morgan fingerprint density at radius 3 is 2.58 bits per heavy atom. The van der Waals surface area contributed by atoms with E-state index in [-0.39, 0.29) is 24.6 Å². The van der Waals surface area contributed by atoms with E-state index in [0.717, 1.165) is 5.56 Å². The van der Waals surface area contributed by atoms with Gasteiger partial charge in [-0.3, -0.25) is 9.59 Å². The summed E-state index contributed by atoms with van der Waals surface area (Å²) in [5, 5.41) is 10.9. The second-order valence-electron chi connectivity index (χ2n) is 8.30. The maximum Gasteiger partial charge on any atom is 0.407 e. The van der Waals surface area contributed by atoms with Gasteiger partial charge in [-0.1, -0.05) is 42.5 Å². The van der Waals surface area contributed by atoms with Crippen LogP contribution in [-0.4, -0.2) is 23.4 Å². The zero-order chi connectivity index (χ0) is 23.8. The van der Waals surface area contributed by atoms with Crippen molar-refractivity contribution in [1.82, 2.24) is 21.3 Å². The van der Waals surface area contributed by atoms with Crippen molar-refractivity contribution in [2.24, 2.45) is 0 Å². The summed E-state index contributed by atoms with van der Waals surface area (Å²) in [5.41, 5.74) is 0.782. The fraction of sp³-hybridized carbons (Fsp3) is 0.292. The summed E-state index contributed by atoms with van der Waals surface area (Å²) in [4.78, 5) is 36.8. The first-order valence-electron chi connectivity index (χ1n) is 10.5. The van der Waals surface area contributed by atoms with Crippen molar-refractivity contribution in [2.45, 2.75) is 45.0 Å². The Morgan fingerprint density at radius 1 is 1.12 bits per heavy atom. The minimum atomic E-state index is -0.699. The standard InChI is InChI=1S/C24H27FN4O4/c1-24(2,29-23(32)33-15-16-7-4-3-5-8-16)12-11-20(30)27-19-14-26-21(28-22(19)31)17-9-6-10-18(25)13-17/h3-10,13-14,21,26H,11-12,15H2,1-2H3,(H,27,30)(H,28,31)(H,29,32). The molecule has 1 aliphatic rings. The van der Waals surface area contributed by atoms with Crippen LogP contribution in [0.25, 0.3) is 0 Å². The highest BCUT2D eigenvalue weighted by atomic mass is 19.1. The average Bonchev–Trinajstić information content (AvgIpc) is 2.78. The summed E-state index contributed by atoms with van der Waals surface area (Å²) in [7, 11) is 0. The molecule has 1 unspecified atom stereocenters. The van der Waals surface area contributed by atoms with Crippen LogP contribution in [0.1, 0.15) is 44.0 Å². The van der Waals surface area contributed by atoms with Crippen LogP contribution in [0.3, 0.4) is 0 Å². The number of alkyl carbamates (subject to hydrolysis) is 1. The molecule has 0 fully saturated rings. The topological polar surface area (TPSA) is 109 Å². The number of hydrogen-bond acceptors (Lipinski definition) is 5. The Morgan fingerprint density at radius 2 is 1.88 bits per heavy atom. The highest BCUT2D eigenvalue weighted by Gasteiger charge is 2.25. The van der Waals surface area contributed by atoms with Gasteiger partial charge < -0.3 is 26.0 Å². The first-order chi connectivity index (χ1) is 15.7.